The highest BCUT2D eigenvalue weighted by Gasteiger charge is 2.14. The van der Waals surface area contributed by atoms with E-state index in [1.54, 1.807) is 0 Å². The number of nitrogens with one attached hydrogen (secondary N) is 1. The Labute approximate surface area is 80.2 Å². The van der Waals surface area contributed by atoms with Crippen molar-refractivity contribution < 1.29 is 9.53 Å². The van der Waals surface area contributed by atoms with Crippen LogP contribution in [0, 0.1) is 0 Å². The molecule has 1 atom stereocenters. The van der Waals surface area contributed by atoms with Gasteiger partial charge in [0.2, 0.25) is 0 Å². The molecule has 0 aliphatic heterocycles. The van der Waals surface area contributed by atoms with Crippen molar-refractivity contribution in [1.29, 1.82) is 0 Å². The molecule has 0 aromatic rings. The maximum absolute atomic E-state index is 11.0. The molecule has 0 saturated carbocycles. The molecule has 0 rings (SSSR count). The highest BCUT2D eigenvalue weighted by atomic mass is 16.5. The predicted octanol–water partition coefficient (Wildman–Crippen LogP) is 0.437. The third-order valence-electron chi connectivity index (χ3n) is 1.84. The van der Waals surface area contributed by atoms with Crippen LogP contribution in [-0.2, 0) is 9.53 Å². The SMILES string of the molecule is CCCN[C@H](CC(=O)OC)N(C)C. The monoisotopic (exact) mass is 188 g/mol. The van der Waals surface area contributed by atoms with Gasteiger partial charge in [-0.15, -0.1) is 0 Å². The van der Waals surface area contributed by atoms with Crippen molar-refractivity contribution in [2.24, 2.45) is 0 Å². The molecule has 78 valence electrons. The van der Waals surface area contributed by atoms with E-state index < -0.39 is 0 Å². The highest BCUT2D eigenvalue weighted by molar-refractivity contribution is 5.69. The molecule has 0 heterocycles. The molecule has 0 bridgehead atoms. The van der Waals surface area contributed by atoms with Crippen molar-refractivity contribution in [2.45, 2.75) is 25.9 Å². The Morgan fingerprint density at radius 2 is 2.15 bits per heavy atom. The van der Waals surface area contributed by atoms with Crippen LogP contribution in [0.5, 0.6) is 0 Å². The molecular formula is C9H20N2O2. The van der Waals surface area contributed by atoms with Crippen LogP contribution in [0.1, 0.15) is 19.8 Å². The lowest BCUT2D eigenvalue weighted by Crippen LogP contribution is -2.43. The van der Waals surface area contributed by atoms with E-state index in [-0.39, 0.29) is 12.1 Å². The average Bonchev–Trinajstić information content (AvgIpc) is 2.11. The second-order valence-electron chi connectivity index (χ2n) is 3.21. The topological polar surface area (TPSA) is 41.6 Å². The van der Waals surface area contributed by atoms with E-state index in [2.05, 4.69) is 17.0 Å². The summed E-state index contributed by atoms with van der Waals surface area (Å²) in [5, 5.41) is 3.26. The molecule has 4 heteroatoms. The Kier molecular flexibility index (Phi) is 6.54. The summed E-state index contributed by atoms with van der Waals surface area (Å²) in [6.45, 7) is 3.01. The molecule has 0 unspecified atom stereocenters. The average molecular weight is 188 g/mol. The van der Waals surface area contributed by atoms with Crippen molar-refractivity contribution in [1.82, 2.24) is 10.2 Å². The maximum atomic E-state index is 11.0. The van der Waals surface area contributed by atoms with Gasteiger partial charge in [-0.3, -0.25) is 9.69 Å². The number of carbonyl (C=O) groups is 1. The van der Waals surface area contributed by atoms with Crippen LogP contribution in [0.3, 0.4) is 0 Å². The fraction of sp³-hybridized carbons (Fsp3) is 0.889. The van der Waals surface area contributed by atoms with Crippen molar-refractivity contribution in [2.75, 3.05) is 27.7 Å². The van der Waals surface area contributed by atoms with Gasteiger partial charge in [-0.25, -0.2) is 0 Å². The van der Waals surface area contributed by atoms with E-state index in [1.165, 1.54) is 7.11 Å². The number of ether oxygens (including phenoxy) is 1. The number of nitrogens with zero attached hydrogens (tertiary/aromatic N) is 1. The summed E-state index contributed by atoms with van der Waals surface area (Å²) in [6.07, 6.45) is 1.53. The molecule has 0 fully saturated rings. The van der Waals surface area contributed by atoms with E-state index >= 15 is 0 Å². The molecule has 13 heavy (non-hydrogen) atoms. The van der Waals surface area contributed by atoms with Crippen molar-refractivity contribution in [3.05, 3.63) is 0 Å². The first kappa shape index (κ1) is 12.4. The van der Waals surface area contributed by atoms with Crippen molar-refractivity contribution in [3.63, 3.8) is 0 Å². The quantitative estimate of drug-likeness (QED) is 0.485. The zero-order chi connectivity index (χ0) is 10.3. The number of carbonyl (C=O) groups excluding carboxylic acids is 1. The summed E-state index contributed by atoms with van der Waals surface area (Å²) in [4.78, 5) is 13.0. The molecule has 0 aromatic heterocycles. The number of methoxy groups -OCH3 is 1. The summed E-state index contributed by atoms with van der Waals surface area (Å²) in [7, 11) is 5.29. The molecule has 0 amide bonds. The zero-order valence-corrected chi connectivity index (χ0v) is 8.96. The number of hydrogen-bond donors (Lipinski definition) is 1. The Hall–Kier alpha value is -0.610. The predicted molar refractivity (Wildman–Crippen MR) is 52.4 cm³/mol. The van der Waals surface area contributed by atoms with E-state index in [1.807, 2.05) is 19.0 Å². The van der Waals surface area contributed by atoms with E-state index in [0.29, 0.717) is 6.42 Å². The smallest absolute Gasteiger partial charge is 0.308 e. The molecule has 4 nitrogen and oxygen atoms in total. The minimum absolute atomic E-state index is 0.0763. The largest absolute Gasteiger partial charge is 0.469 e. The fourth-order valence-electron chi connectivity index (χ4n) is 0.989. The summed E-state index contributed by atoms with van der Waals surface area (Å²) in [5.41, 5.74) is 0. The first-order valence-electron chi connectivity index (χ1n) is 4.58. The minimum Gasteiger partial charge on any atom is -0.469 e. The molecular weight excluding hydrogens is 168 g/mol. The molecule has 0 saturated heterocycles. The second kappa shape index (κ2) is 6.86. The van der Waals surface area contributed by atoms with Gasteiger partial charge in [0, 0.05) is 0 Å². The first-order chi connectivity index (χ1) is 6.11. The van der Waals surface area contributed by atoms with Gasteiger partial charge < -0.3 is 10.1 Å². The van der Waals surface area contributed by atoms with Gasteiger partial charge in [0.05, 0.1) is 19.7 Å². The zero-order valence-electron chi connectivity index (χ0n) is 8.96. The molecule has 1 N–H and O–H groups in total. The van der Waals surface area contributed by atoms with Gasteiger partial charge in [-0.1, -0.05) is 6.92 Å². The van der Waals surface area contributed by atoms with Crippen LogP contribution in [0.25, 0.3) is 0 Å². The first-order valence-corrected chi connectivity index (χ1v) is 4.58. The molecule has 0 spiro atoms. The van der Waals surface area contributed by atoms with Gasteiger partial charge in [0.25, 0.3) is 0 Å². The summed E-state index contributed by atoms with van der Waals surface area (Å²) < 4.78 is 4.61. The number of esters is 1. The van der Waals surface area contributed by atoms with E-state index in [9.17, 15) is 4.79 Å². The standard InChI is InChI=1S/C9H20N2O2/c1-5-6-10-8(11(2)3)7-9(12)13-4/h8,10H,5-7H2,1-4H3/t8-/m0/s1. The van der Waals surface area contributed by atoms with Crippen LogP contribution >= 0.6 is 0 Å². The number of rotatable bonds is 6. The molecule has 0 aliphatic rings. The Morgan fingerprint density at radius 3 is 2.54 bits per heavy atom. The normalized spacial score (nSPS) is 13.0. The summed E-state index contributed by atoms with van der Waals surface area (Å²) in [5.74, 6) is -0.178. The van der Waals surface area contributed by atoms with Gasteiger partial charge in [0.1, 0.15) is 0 Å². The van der Waals surface area contributed by atoms with E-state index in [0.717, 1.165) is 13.0 Å². The third kappa shape index (κ3) is 5.60. The van der Waals surface area contributed by atoms with Crippen LogP contribution < -0.4 is 5.32 Å². The minimum atomic E-state index is -0.178. The summed E-state index contributed by atoms with van der Waals surface area (Å²) in [6, 6.07) is 0. The Balaban J connectivity index is 3.87. The maximum Gasteiger partial charge on any atom is 0.308 e. The Bertz CT molecular complexity index is 149. The molecule has 0 radical (unpaired) electrons. The third-order valence-corrected chi connectivity index (χ3v) is 1.84. The van der Waals surface area contributed by atoms with Crippen molar-refractivity contribution in [3.8, 4) is 0 Å². The number of hydrogen-bond acceptors (Lipinski definition) is 4. The van der Waals surface area contributed by atoms with Crippen molar-refractivity contribution >= 4 is 5.97 Å². The van der Waals surface area contributed by atoms with Gasteiger partial charge in [0.15, 0.2) is 0 Å². The summed E-state index contributed by atoms with van der Waals surface area (Å²) >= 11 is 0. The second-order valence-corrected chi connectivity index (χ2v) is 3.21. The molecule has 0 aromatic carbocycles. The van der Waals surface area contributed by atoms with Crippen LogP contribution in [0.4, 0.5) is 0 Å². The lowest BCUT2D eigenvalue weighted by atomic mass is 10.3. The lowest BCUT2D eigenvalue weighted by molar-refractivity contribution is -0.142. The highest BCUT2D eigenvalue weighted by Crippen LogP contribution is 1.97. The van der Waals surface area contributed by atoms with Gasteiger partial charge in [-0.05, 0) is 27.1 Å². The van der Waals surface area contributed by atoms with Gasteiger partial charge >= 0.3 is 5.97 Å². The lowest BCUT2D eigenvalue weighted by Gasteiger charge is -2.24. The molecule has 0 aliphatic carbocycles. The van der Waals surface area contributed by atoms with Gasteiger partial charge in [-0.2, -0.15) is 0 Å². The van der Waals surface area contributed by atoms with E-state index in [4.69, 9.17) is 0 Å². The van der Waals surface area contributed by atoms with Crippen LogP contribution in [0.2, 0.25) is 0 Å². The van der Waals surface area contributed by atoms with Crippen LogP contribution in [-0.4, -0.2) is 44.8 Å². The Morgan fingerprint density at radius 1 is 1.54 bits per heavy atom. The van der Waals surface area contributed by atoms with Crippen LogP contribution in [0.15, 0.2) is 0 Å². The fourth-order valence-corrected chi connectivity index (χ4v) is 0.989.